The molecule has 4 N–H and O–H groups in total. The van der Waals surface area contributed by atoms with E-state index in [1.807, 2.05) is 87.1 Å². The average molecular weight is 1300 g/mol. The van der Waals surface area contributed by atoms with Crippen LogP contribution in [-0.4, -0.2) is 159 Å². The normalized spacial score (nSPS) is 21.6. The van der Waals surface area contributed by atoms with Gasteiger partial charge in [0.25, 0.3) is 0 Å². The molecule has 0 spiro atoms. The number of aromatic nitrogens is 8. The molecule has 6 fully saturated rings. The van der Waals surface area contributed by atoms with Crippen LogP contribution in [0.1, 0.15) is 150 Å². The topological polar surface area (TPSA) is 258 Å². The molecule has 6 aliphatic rings. The first-order valence-electron chi connectivity index (χ1n) is 33.1. The van der Waals surface area contributed by atoms with Crippen molar-refractivity contribution in [3.05, 3.63) is 112 Å². The van der Waals surface area contributed by atoms with Crippen LogP contribution in [-0.2, 0) is 31.1 Å². The summed E-state index contributed by atoms with van der Waals surface area (Å²) in [6.07, 6.45) is 7.38. The van der Waals surface area contributed by atoms with E-state index in [0.717, 1.165) is 64.8 Å². The largest absolute Gasteiger partial charge is 0.489 e. The standard InChI is InChI=1S/C70H81FN12O10S/c1-37(2)61(67(87)81-32-47(85)27-54(81)66(86)74-52(34-84)42-15-19-44(20-16-42)64-39(4)72-36-94-64)82-33-51(77-78-82)41-13-11-40(12-14-41)35-92-63-58(56-38(3)50(71)28-53-49(56)29-73-83(53)55-10-8-9-23-91-55)57(43-17-18-43)62(93-48-21-24-90-25-22-48)59-60(63)75-68(70(5,6)7)76-65(59)79-30-46-26-45(79)31-80(46)69(88)89/h11-16,19-20,28-29,33,36-37,43,45-48,52,54-55,61,84-85H,8-10,17-18,21-27,30-32,34-35H2,1-7H3,(H,74,86)(H,88,89)/t45-,46-,47+,52-,54-,55?,61-/m0/s1. The quantitative estimate of drug-likeness (QED) is 0.0623. The first-order valence-corrected chi connectivity index (χ1v) is 33.9. The molecule has 4 aromatic heterocycles. The Hall–Kier alpha value is -8.16. The molecule has 9 heterocycles. The molecule has 14 rings (SSSR count). The SMILES string of the molecule is Cc1ncsc1-c1ccc([C@H](CO)NC(=O)[C@@H]2C[C@@H](O)CN2C(=O)[C@H](C(C)C)n2cc(-c3ccc(COc4c(-c5c(C)c(F)cc6c5cnn6C5CCCCO5)c(C5CC5)c(OC5CCOCC5)c5c(N6C[C@@H]7C[C@H]6CN7C(=O)O)nc(C(C)(C)C)nc45)cc3)nn2)cc1. The Morgan fingerprint density at radius 3 is 2.31 bits per heavy atom. The maximum absolute atomic E-state index is 17.3. The van der Waals surface area contributed by atoms with Crippen molar-refractivity contribution in [2.24, 2.45) is 5.92 Å². The molecule has 2 bridgehead atoms. The number of amides is 3. The third-order valence-electron chi connectivity index (χ3n) is 19.7. The van der Waals surface area contributed by atoms with Crippen LogP contribution in [0.4, 0.5) is 15.0 Å². The number of likely N-dealkylation sites (tertiary alicyclic amines) is 2. The van der Waals surface area contributed by atoms with Crippen LogP contribution in [0.3, 0.4) is 0 Å². The zero-order valence-corrected chi connectivity index (χ0v) is 54.9. The molecule has 1 saturated carbocycles. The number of carbonyl (C=O) groups excluding carboxylic acids is 2. The molecule has 7 atom stereocenters. The molecule has 8 aromatic rings. The highest BCUT2D eigenvalue weighted by atomic mass is 32.1. The number of aliphatic hydroxyl groups is 2. The van der Waals surface area contributed by atoms with E-state index in [0.29, 0.717) is 125 Å². The van der Waals surface area contributed by atoms with Crippen molar-refractivity contribution in [2.75, 3.05) is 51.0 Å². The Bertz CT molecular complexity index is 4170. The van der Waals surface area contributed by atoms with Gasteiger partial charge in [0.05, 0.1) is 83.4 Å². The predicted molar refractivity (Wildman–Crippen MR) is 351 cm³/mol. The average Bonchev–Trinajstić information content (AvgIpc) is 1.26. The zero-order valence-electron chi connectivity index (χ0n) is 54.1. The van der Waals surface area contributed by atoms with E-state index in [9.17, 15) is 29.7 Å². The fourth-order valence-corrected chi connectivity index (χ4v) is 15.4. The van der Waals surface area contributed by atoms with Gasteiger partial charge < -0.3 is 54.3 Å². The summed E-state index contributed by atoms with van der Waals surface area (Å²) in [4.78, 5) is 63.1. The summed E-state index contributed by atoms with van der Waals surface area (Å²) in [6, 6.07) is 13.9. The van der Waals surface area contributed by atoms with Gasteiger partial charge in [0.1, 0.15) is 59.2 Å². The van der Waals surface area contributed by atoms with Gasteiger partial charge in [-0.3, -0.25) is 9.59 Å². The minimum atomic E-state index is -1.01. The van der Waals surface area contributed by atoms with Gasteiger partial charge in [0.2, 0.25) is 11.8 Å². The smallest absolute Gasteiger partial charge is 0.407 e. The highest BCUT2D eigenvalue weighted by molar-refractivity contribution is 7.13. The van der Waals surface area contributed by atoms with Gasteiger partial charge in [-0.05, 0) is 86.5 Å². The molecule has 1 aliphatic carbocycles. The molecular weight excluding hydrogens is 1220 g/mol. The Morgan fingerprint density at radius 1 is 0.883 bits per heavy atom. The maximum atomic E-state index is 17.3. The first-order chi connectivity index (χ1) is 45.3. The number of fused-ring (bicyclic) bond motifs is 4. The molecule has 94 heavy (non-hydrogen) atoms. The van der Waals surface area contributed by atoms with Crippen LogP contribution in [0.15, 0.2) is 72.5 Å². The number of β-amino-alcohol motifs (C(OH)–C–C–N with tert-alkyl or cyclic N) is 1. The van der Waals surface area contributed by atoms with E-state index in [4.69, 9.17) is 34.0 Å². The Labute approximate surface area is 548 Å². The van der Waals surface area contributed by atoms with Gasteiger partial charge in [0.15, 0.2) is 12.0 Å². The number of nitrogens with zero attached hydrogens (tertiary/aromatic N) is 11. The Kier molecular flexibility index (Phi) is 17.2. The number of rotatable bonds is 18. The minimum absolute atomic E-state index is 0.00121. The summed E-state index contributed by atoms with van der Waals surface area (Å²) >= 11 is 1.54. The van der Waals surface area contributed by atoms with Crippen LogP contribution < -0.4 is 19.7 Å². The highest BCUT2D eigenvalue weighted by Gasteiger charge is 2.49. The van der Waals surface area contributed by atoms with E-state index in [2.05, 4.69) is 46.3 Å². The number of hydrogen-bond acceptors (Lipinski definition) is 17. The van der Waals surface area contributed by atoms with Crippen LogP contribution in [0.5, 0.6) is 11.5 Å². The number of thiazole rings is 1. The second kappa shape index (κ2) is 25.5. The summed E-state index contributed by atoms with van der Waals surface area (Å²) < 4.78 is 47.7. The van der Waals surface area contributed by atoms with E-state index >= 15 is 4.39 Å². The van der Waals surface area contributed by atoms with Crippen molar-refractivity contribution < 1.29 is 53.0 Å². The third kappa shape index (κ3) is 11.9. The molecule has 24 heteroatoms. The zero-order chi connectivity index (χ0) is 65.4. The van der Waals surface area contributed by atoms with Gasteiger partial charge in [-0.1, -0.05) is 88.4 Å². The molecule has 5 aliphatic heterocycles. The summed E-state index contributed by atoms with van der Waals surface area (Å²) in [5.74, 6) is 0.698. The van der Waals surface area contributed by atoms with Crippen LogP contribution in [0.25, 0.3) is 54.6 Å². The van der Waals surface area contributed by atoms with E-state index in [-0.39, 0.29) is 62.4 Å². The van der Waals surface area contributed by atoms with Crippen molar-refractivity contribution >= 4 is 56.9 Å². The van der Waals surface area contributed by atoms with Crippen molar-refractivity contribution in [3.63, 3.8) is 0 Å². The van der Waals surface area contributed by atoms with Crippen molar-refractivity contribution in [2.45, 2.75) is 173 Å². The van der Waals surface area contributed by atoms with Gasteiger partial charge in [0, 0.05) is 84.6 Å². The number of anilines is 1. The van der Waals surface area contributed by atoms with Crippen molar-refractivity contribution in [1.29, 1.82) is 0 Å². The number of carbonyl (C=O) groups is 3. The molecule has 5 saturated heterocycles. The third-order valence-corrected chi connectivity index (χ3v) is 20.7. The maximum Gasteiger partial charge on any atom is 0.407 e. The number of benzene rings is 4. The number of piperazine rings is 1. The van der Waals surface area contributed by atoms with E-state index in [1.165, 1.54) is 25.8 Å². The predicted octanol–water partition coefficient (Wildman–Crippen LogP) is 10.7. The van der Waals surface area contributed by atoms with Crippen molar-refractivity contribution in [1.82, 2.24) is 54.8 Å². The Morgan fingerprint density at radius 2 is 1.65 bits per heavy atom. The minimum Gasteiger partial charge on any atom is -0.489 e. The van der Waals surface area contributed by atoms with Crippen LogP contribution >= 0.6 is 11.3 Å². The monoisotopic (exact) mass is 1300 g/mol. The lowest BCUT2D eigenvalue weighted by atomic mass is 9.87. The number of halogens is 1. The molecule has 0 radical (unpaired) electrons. The van der Waals surface area contributed by atoms with Crippen LogP contribution in [0.2, 0.25) is 0 Å². The summed E-state index contributed by atoms with van der Waals surface area (Å²) in [5.41, 5.74) is 9.54. The lowest BCUT2D eigenvalue weighted by Crippen LogP contribution is -2.50. The fraction of sp³-hybridized carbons (Fsp3) is 0.500. The van der Waals surface area contributed by atoms with Gasteiger partial charge in [-0.25, -0.2) is 33.5 Å². The molecular formula is C70H81FN12O10S. The van der Waals surface area contributed by atoms with Gasteiger partial charge >= 0.3 is 6.09 Å². The summed E-state index contributed by atoms with van der Waals surface area (Å²) in [6.45, 7) is 15.8. The highest BCUT2D eigenvalue weighted by Crippen LogP contribution is 2.59. The molecule has 22 nitrogen and oxygen atoms in total. The van der Waals surface area contributed by atoms with E-state index < -0.39 is 53.4 Å². The molecule has 3 amide bonds. The fourth-order valence-electron chi connectivity index (χ4n) is 14.6. The van der Waals surface area contributed by atoms with Gasteiger partial charge in [-0.2, -0.15) is 5.10 Å². The lowest BCUT2D eigenvalue weighted by molar-refractivity contribution is -0.142. The number of ether oxygens (including phenoxy) is 4. The number of aliphatic hydroxyl groups excluding tert-OH is 2. The second-order valence-electron chi connectivity index (χ2n) is 27.6. The van der Waals surface area contributed by atoms with Gasteiger partial charge in [-0.15, -0.1) is 16.4 Å². The lowest BCUT2D eigenvalue weighted by Gasteiger charge is -2.36. The Balaban J connectivity index is 0.813. The number of aryl methyl sites for hydroxylation is 1. The second-order valence-corrected chi connectivity index (χ2v) is 28.5. The van der Waals surface area contributed by atoms with E-state index in [1.54, 1.807) is 17.8 Å². The van der Waals surface area contributed by atoms with Crippen LogP contribution in [0, 0.1) is 25.6 Å². The summed E-state index contributed by atoms with van der Waals surface area (Å²) in [5, 5.41) is 50.2. The molecule has 1 unspecified atom stereocenters. The summed E-state index contributed by atoms with van der Waals surface area (Å²) in [7, 11) is 0. The number of hydrogen-bond donors (Lipinski definition) is 4. The number of carboxylic acid groups (broad SMARTS) is 1. The van der Waals surface area contributed by atoms with Crippen molar-refractivity contribution in [3.8, 4) is 44.3 Å². The number of nitrogens with one attached hydrogen (secondary N) is 1. The molecule has 4 aromatic carbocycles. The molecule has 494 valence electrons. The first kappa shape index (κ1) is 63.2.